The number of hydrogen-bond acceptors (Lipinski definition) is 5. The van der Waals surface area contributed by atoms with Crippen molar-refractivity contribution in [3.05, 3.63) is 18.2 Å². The van der Waals surface area contributed by atoms with Crippen molar-refractivity contribution in [1.82, 2.24) is 10.3 Å². The van der Waals surface area contributed by atoms with Crippen LogP contribution < -0.4 is 21.5 Å². The zero-order valence-electron chi connectivity index (χ0n) is 10.2. The molecule has 0 unspecified atom stereocenters. The zero-order valence-corrected chi connectivity index (χ0v) is 10.2. The molecule has 94 valence electrons. The molecule has 1 aromatic rings. The van der Waals surface area contributed by atoms with E-state index in [9.17, 15) is 4.79 Å². The van der Waals surface area contributed by atoms with Crippen LogP contribution in [0.3, 0.4) is 0 Å². The number of nitrogens with zero attached hydrogens (tertiary/aromatic N) is 2. The van der Waals surface area contributed by atoms with Gasteiger partial charge in [-0.15, -0.1) is 0 Å². The lowest BCUT2D eigenvalue weighted by molar-refractivity contribution is -0.119. The Hall–Kier alpha value is -1.82. The zero-order chi connectivity index (χ0) is 12.7. The second kappa shape index (κ2) is 6.70. The van der Waals surface area contributed by atoms with Crippen LogP contribution in [0.4, 0.5) is 11.6 Å². The van der Waals surface area contributed by atoms with E-state index in [-0.39, 0.29) is 5.91 Å². The smallest absolute Gasteiger partial charge is 0.239 e. The maximum Gasteiger partial charge on any atom is 0.239 e. The molecular weight excluding hydrogens is 218 g/mol. The summed E-state index contributed by atoms with van der Waals surface area (Å²) in [5, 5.41) is 2.60. The molecule has 4 N–H and O–H groups in total. The lowest BCUT2D eigenvalue weighted by atomic mass is 10.3. The maximum atomic E-state index is 11.4. The monoisotopic (exact) mass is 237 g/mol. The van der Waals surface area contributed by atoms with Crippen LogP contribution in [0.1, 0.15) is 13.3 Å². The highest BCUT2D eigenvalue weighted by Crippen LogP contribution is 2.13. The van der Waals surface area contributed by atoms with E-state index in [0.717, 1.165) is 18.8 Å². The van der Waals surface area contributed by atoms with Crippen molar-refractivity contribution in [1.29, 1.82) is 0 Å². The van der Waals surface area contributed by atoms with Crippen LogP contribution in [0.2, 0.25) is 0 Å². The van der Waals surface area contributed by atoms with E-state index in [2.05, 4.69) is 22.7 Å². The van der Waals surface area contributed by atoms with Gasteiger partial charge in [0, 0.05) is 13.6 Å². The molecule has 17 heavy (non-hydrogen) atoms. The van der Waals surface area contributed by atoms with Crippen molar-refractivity contribution in [2.24, 2.45) is 5.84 Å². The Morgan fingerprint density at radius 3 is 2.88 bits per heavy atom. The highest BCUT2D eigenvalue weighted by molar-refractivity contribution is 5.80. The van der Waals surface area contributed by atoms with E-state index in [4.69, 9.17) is 5.84 Å². The van der Waals surface area contributed by atoms with Gasteiger partial charge in [0.1, 0.15) is 11.6 Å². The topological polar surface area (TPSA) is 83.3 Å². The average Bonchev–Trinajstić information content (AvgIpc) is 2.38. The van der Waals surface area contributed by atoms with E-state index in [1.54, 1.807) is 13.1 Å². The number of carbonyl (C=O) groups excluding carboxylic acids is 1. The van der Waals surface area contributed by atoms with Crippen LogP contribution in [-0.4, -0.2) is 31.0 Å². The maximum absolute atomic E-state index is 11.4. The molecule has 0 fully saturated rings. The minimum absolute atomic E-state index is 0.0358. The quantitative estimate of drug-likeness (QED) is 0.490. The van der Waals surface area contributed by atoms with Gasteiger partial charge in [-0.3, -0.25) is 4.79 Å². The largest absolute Gasteiger partial charge is 0.358 e. The Balaban J connectivity index is 2.84. The molecule has 0 saturated carbocycles. The number of likely N-dealkylation sites (N-methyl/N-ethyl adjacent to an activating group) is 1. The van der Waals surface area contributed by atoms with Gasteiger partial charge in [0.25, 0.3) is 0 Å². The fourth-order valence-corrected chi connectivity index (χ4v) is 1.48. The Morgan fingerprint density at radius 2 is 2.29 bits per heavy atom. The normalized spacial score (nSPS) is 9.82. The number of pyridine rings is 1. The van der Waals surface area contributed by atoms with Crippen molar-refractivity contribution >= 4 is 17.5 Å². The number of nitrogens with one attached hydrogen (secondary N) is 2. The van der Waals surface area contributed by atoms with Gasteiger partial charge in [-0.25, -0.2) is 10.8 Å². The molecule has 0 aliphatic carbocycles. The Bertz CT molecular complexity index is 369. The number of hydrazine groups is 1. The van der Waals surface area contributed by atoms with Crippen LogP contribution in [-0.2, 0) is 4.79 Å². The van der Waals surface area contributed by atoms with Gasteiger partial charge in [-0.2, -0.15) is 0 Å². The van der Waals surface area contributed by atoms with Gasteiger partial charge in [0.2, 0.25) is 5.91 Å². The van der Waals surface area contributed by atoms with E-state index in [0.29, 0.717) is 12.4 Å². The third-order valence-electron chi connectivity index (χ3n) is 2.31. The van der Waals surface area contributed by atoms with Crippen LogP contribution >= 0.6 is 0 Å². The third kappa shape index (κ3) is 3.92. The molecular formula is C11H19N5O. The molecule has 1 heterocycles. The van der Waals surface area contributed by atoms with Crippen molar-refractivity contribution < 1.29 is 4.79 Å². The molecule has 0 atom stereocenters. The molecule has 0 aliphatic heterocycles. The van der Waals surface area contributed by atoms with Gasteiger partial charge in [0.05, 0.1) is 6.54 Å². The number of nitrogen functional groups attached to an aromatic ring is 1. The van der Waals surface area contributed by atoms with Crippen molar-refractivity contribution in [2.75, 3.05) is 30.5 Å². The Morgan fingerprint density at radius 1 is 1.53 bits per heavy atom. The molecule has 1 rings (SSSR count). The van der Waals surface area contributed by atoms with E-state index in [1.807, 2.05) is 17.0 Å². The molecule has 1 amide bonds. The number of hydrogen-bond donors (Lipinski definition) is 3. The molecule has 0 aromatic carbocycles. The molecule has 0 aliphatic rings. The Kier molecular flexibility index (Phi) is 5.22. The van der Waals surface area contributed by atoms with Crippen LogP contribution in [0, 0.1) is 0 Å². The predicted molar refractivity (Wildman–Crippen MR) is 68.6 cm³/mol. The van der Waals surface area contributed by atoms with E-state index in [1.165, 1.54) is 0 Å². The first-order chi connectivity index (χ1) is 8.21. The van der Waals surface area contributed by atoms with Gasteiger partial charge >= 0.3 is 0 Å². The summed E-state index contributed by atoms with van der Waals surface area (Å²) in [6, 6.07) is 5.48. The second-order valence-corrected chi connectivity index (χ2v) is 3.62. The molecule has 6 heteroatoms. The average molecular weight is 237 g/mol. The second-order valence-electron chi connectivity index (χ2n) is 3.62. The first-order valence-corrected chi connectivity index (χ1v) is 5.60. The summed E-state index contributed by atoms with van der Waals surface area (Å²) in [7, 11) is 1.62. The highest BCUT2D eigenvalue weighted by atomic mass is 16.1. The summed E-state index contributed by atoms with van der Waals surface area (Å²) in [5.41, 5.74) is 2.49. The van der Waals surface area contributed by atoms with Gasteiger partial charge in [0.15, 0.2) is 0 Å². The molecule has 6 nitrogen and oxygen atoms in total. The van der Waals surface area contributed by atoms with Crippen LogP contribution in [0.25, 0.3) is 0 Å². The Labute approximate surface area is 101 Å². The lowest BCUT2D eigenvalue weighted by Crippen LogP contribution is -2.36. The SMILES string of the molecule is CCCN(CC(=O)NC)c1cccc(NN)n1. The summed E-state index contributed by atoms with van der Waals surface area (Å²) in [6.45, 7) is 3.13. The minimum atomic E-state index is -0.0358. The number of aromatic nitrogens is 1. The third-order valence-corrected chi connectivity index (χ3v) is 2.31. The molecule has 1 aromatic heterocycles. The standard InChI is InChI=1S/C11H19N5O/c1-3-7-16(8-11(17)13-2)10-6-4-5-9(14-10)15-12/h4-6H,3,7-8,12H2,1-2H3,(H,13,17)(H,14,15). The van der Waals surface area contributed by atoms with Crippen molar-refractivity contribution in [2.45, 2.75) is 13.3 Å². The van der Waals surface area contributed by atoms with Gasteiger partial charge in [-0.05, 0) is 18.6 Å². The number of nitrogens with two attached hydrogens (primary N) is 1. The van der Waals surface area contributed by atoms with Gasteiger partial charge < -0.3 is 15.6 Å². The minimum Gasteiger partial charge on any atom is -0.358 e. The number of amides is 1. The van der Waals surface area contributed by atoms with Gasteiger partial charge in [-0.1, -0.05) is 13.0 Å². The highest BCUT2D eigenvalue weighted by Gasteiger charge is 2.11. The number of carbonyl (C=O) groups is 1. The summed E-state index contributed by atoms with van der Waals surface area (Å²) in [6.07, 6.45) is 0.943. The van der Waals surface area contributed by atoms with Crippen LogP contribution in [0.15, 0.2) is 18.2 Å². The summed E-state index contributed by atoms with van der Waals surface area (Å²) < 4.78 is 0. The molecule has 0 spiro atoms. The fourth-order valence-electron chi connectivity index (χ4n) is 1.48. The summed E-state index contributed by atoms with van der Waals surface area (Å²) in [4.78, 5) is 17.6. The van der Waals surface area contributed by atoms with Crippen molar-refractivity contribution in [3.8, 4) is 0 Å². The molecule has 0 saturated heterocycles. The first-order valence-electron chi connectivity index (χ1n) is 5.60. The predicted octanol–water partition coefficient (Wildman–Crippen LogP) is 0.330. The number of anilines is 2. The van der Waals surface area contributed by atoms with Crippen LogP contribution in [0.5, 0.6) is 0 Å². The lowest BCUT2D eigenvalue weighted by Gasteiger charge is -2.22. The number of rotatable bonds is 6. The van der Waals surface area contributed by atoms with E-state index >= 15 is 0 Å². The first kappa shape index (κ1) is 13.2. The summed E-state index contributed by atoms with van der Waals surface area (Å²) >= 11 is 0. The molecule has 0 bridgehead atoms. The van der Waals surface area contributed by atoms with E-state index < -0.39 is 0 Å². The summed E-state index contributed by atoms with van der Waals surface area (Å²) in [5.74, 6) is 6.60. The molecule has 0 radical (unpaired) electrons. The fraction of sp³-hybridized carbons (Fsp3) is 0.455. The van der Waals surface area contributed by atoms with Crippen molar-refractivity contribution in [3.63, 3.8) is 0 Å².